The van der Waals surface area contributed by atoms with Crippen molar-refractivity contribution in [1.82, 2.24) is 15.1 Å². The lowest BCUT2D eigenvalue weighted by atomic mass is 10.1. The normalized spacial score (nSPS) is 13.1. The molecule has 0 bridgehead atoms. The van der Waals surface area contributed by atoms with Gasteiger partial charge in [-0.1, -0.05) is 0 Å². The van der Waals surface area contributed by atoms with Gasteiger partial charge in [0, 0.05) is 18.9 Å². The van der Waals surface area contributed by atoms with Gasteiger partial charge in [0.2, 0.25) is 0 Å². The maximum absolute atomic E-state index is 11.9. The van der Waals surface area contributed by atoms with Gasteiger partial charge in [0.25, 0.3) is 17.7 Å². The molecule has 1 aliphatic rings. The molecule has 2 aromatic rings. The Balaban J connectivity index is 1.86. The van der Waals surface area contributed by atoms with E-state index in [-0.39, 0.29) is 17.2 Å². The maximum atomic E-state index is 11.9. The lowest BCUT2D eigenvalue weighted by Gasteiger charge is -2.04. The van der Waals surface area contributed by atoms with Crippen molar-refractivity contribution < 1.29 is 14.4 Å². The number of carbonyl (C=O) groups excluding carboxylic acids is 3. The summed E-state index contributed by atoms with van der Waals surface area (Å²) < 4.78 is 1.52. The molecular weight excluding hydrogens is 260 g/mol. The number of amides is 3. The van der Waals surface area contributed by atoms with E-state index in [1.807, 2.05) is 0 Å². The number of aromatic nitrogens is 2. The van der Waals surface area contributed by atoms with Crippen molar-refractivity contribution in [3.63, 3.8) is 0 Å². The zero-order valence-corrected chi connectivity index (χ0v) is 10.5. The minimum absolute atomic E-state index is 0.258. The number of aryl methyl sites for hydroxylation is 1. The first-order valence-electron chi connectivity index (χ1n) is 5.85. The molecule has 1 aromatic heterocycles. The number of carbonyl (C=O) groups is 3. The second-order valence-electron chi connectivity index (χ2n) is 4.37. The molecule has 1 aliphatic heterocycles. The molecule has 7 heteroatoms. The molecule has 3 rings (SSSR count). The van der Waals surface area contributed by atoms with Gasteiger partial charge in [0.1, 0.15) is 0 Å². The molecule has 3 amide bonds. The first kappa shape index (κ1) is 12.1. The number of anilines is 1. The first-order valence-corrected chi connectivity index (χ1v) is 5.85. The van der Waals surface area contributed by atoms with E-state index < -0.39 is 11.8 Å². The number of hydrogen-bond acceptors (Lipinski definition) is 4. The van der Waals surface area contributed by atoms with Crippen molar-refractivity contribution in [3.05, 3.63) is 47.3 Å². The highest BCUT2D eigenvalue weighted by atomic mass is 16.2. The van der Waals surface area contributed by atoms with Crippen molar-refractivity contribution in [2.75, 3.05) is 5.32 Å². The topological polar surface area (TPSA) is 93.1 Å². The second kappa shape index (κ2) is 4.30. The number of fused-ring (bicyclic) bond motifs is 1. The van der Waals surface area contributed by atoms with Crippen LogP contribution in [0.3, 0.4) is 0 Å². The molecule has 0 saturated heterocycles. The van der Waals surface area contributed by atoms with Crippen LogP contribution in [0, 0.1) is 0 Å². The highest BCUT2D eigenvalue weighted by molar-refractivity contribution is 6.22. The summed E-state index contributed by atoms with van der Waals surface area (Å²) in [5, 5.41) is 8.80. The van der Waals surface area contributed by atoms with Crippen LogP contribution in [-0.2, 0) is 7.05 Å². The van der Waals surface area contributed by atoms with E-state index in [9.17, 15) is 14.4 Å². The quantitative estimate of drug-likeness (QED) is 0.779. The van der Waals surface area contributed by atoms with Gasteiger partial charge < -0.3 is 5.32 Å². The molecule has 20 heavy (non-hydrogen) atoms. The molecule has 7 nitrogen and oxygen atoms in total. The molecule has 2 N–H and O–H groups in total. The third-order valence-corrected chi connectivity index (χ3v) is 2.94. The van der Waals surface area contributed by atoms with Gasteiger partial charge in [0.15, 0.2) is 5.69 Å². The summed E-state index contributed by atoms with van der Waals surface area (Å²) in [4.78, 5) is 34.8. The fourth-order valence-corrected chi connectivity index (χ4v) is 1.98. The third-order valence-electron chi connectivity index (χ3n) is 2.94. The summed E-state index contributed by atoms with van der Waals surface area (Å²) in [6.07, 6.45) is 1.66. The van der Waals surface area contributed by atoms with Crippen LogP contribution in [0.15, 0.2) is 30.5 Å². The second-order valence-corrected chi connectivity index (χ2v) is 4.37. The van der Waals surface area contributed by atoms with Crippen LogP contribution >= 0.6 is 0 Å². The van der Waals surface area contributed by atoms with Gasteiger partial charge in [-0.05, 0) is 24.3 Å². The fourth-order valence-electron chi connectivity index (χ4n) is 1.98. The zero-order chi connectivity index (χ0) is 14.3. The van der Waals surface area contributed by atoms with Gasteiger partial charge >= 0.3 is 0 Å². The highest BCUT2D eigenvalue weighted by Gasteiger charge is 2.26. The summed E-state index contributed by atoms with van der Waals surface area (Å²) in [5.41, 5.74) is 1.28. The van der Waals surface area contributed by atoms with Crippen LogP contribution in [-0.4, -0.2) is 27.5 Å². The van der Waals surface area contributed by atoms with E-state index in [4.69, 9.17) is 0 Å². The van der Waals surface area contributed by atoms with E-state index in [2.05, 4.69) is 15.7 Å². The smallest absolute Gasteiger partial charge is 0.276 e. The number of rotatable bonds is 2. The van der Waals surface area contributed by atoms with Gasteiger partial charge in [-0.15, -0.1) is 0 Å². The van der Waals surface area contributed by atoms with Crippen molar-refractivity contribution in [3.8, 4) is 0 Å². The number of imide groups is 1. The molecule has 100 valence electrons. The van der Waals surface area contributed by atoms with E-state index in [0.29, 0.717) is 11.3 Å². The Labute approximate surface area is 113 Å². The molecule has 0 radical (unpaired) electrons. The van der Waals surface area contributed by atoms with E-state index in [0.717, 1.165) is 0 Å². The molecule has 0 spiro atoms. The monoisotopic (exact) mass is 270 g/mol. The lowest BCUT2D eigenvalue weighted by Crippen LogP contribution is -2.19. The standard InChI is InChI=1S/C13H10N4O3/c1-17-5-4-10(16-17)13(20)14-7-2-3-8-9(6-7)12(19)15-11(8)18/h2-6H,1H3,(H,14,20)(H,15,18,19). The average molecular weight is 270 g/mol. The van der Waals surface area contributed by atoms with Crippen LogP contribution in [0.25, 0.3) is 0 Å². The summed E-state index contributed by atoms with van der Waals surface area (Å²) in [5.74, 6) is -1.26. The molecule has 2 heterocycles. The Kier molecular flexibility index (Phi) is 2.60. The molecule has 0 atom stereocenters. The minimum atomic E-state index is -0.459. The lowest BCUT2D eigenvalue weighted by molar-refractivity contribution is 0.0878. The van der Waals surface area contributed by atoms with E-state index >= 15 is 0 Å². The third kappa shape index (κ3) is 1.95. The van der Waals surface area contributed by atoms with Crippen LogP contribution in [0.1, 0.15) is 31.2 Å². The zero-order valence-electron chi connectivity index (χ0n) is 10.5. The van der Waals surface area contributed by atoms with Crippen LogP contribution in [0.5, 0.6) is 0 Å². The number of nitrogens with one attached hydrogen (secondary N) is 2. The summed E-state index contributed by atoms with van der Waals surface area (Å²) in [7, 11) is 1.71. The Morgan fingerprint density at radius 1 is 1.20 bits per heavy atom. The van der Waals surface area contributed by atoms with Crippen LogP contribution in [0.2, 0.25) is 0 Å². The van der Waals surface area contributed by atoms with Crippen LogP contribution in [0.4, 0.5) is 5.69 Å². The number of nitrogens with zero attached hydrogens (tertiary/aromatic N) is 2. The van der Waals surface area contributed by atoms with Gasteiger partial charge in [-0.3, -0.25) is 24.4 Å². The predicted octanol–water partition coefficient (Wildman–Crippen LogP) is 0.556. The van der Waals surface area contributed by atoms with Gasteiger partial charge in [-0.2, -0.15) is 5.10 Å². The Bertz CT molecular complexity index is 748. The Morgan fingerprint density at radius 2 is 1.95 bits per heavy atom. The molecule has 0 aliphatic carbocycles. The number of benzene rings is 1. The van der Waals surface area contributed by atoms with Gasteiger partial charge in [0.05, 0.1) is 11.1 Å². The molecular formula is C13H10N4O3. The Morgan fingerprint density at radius 3 is 2.65 bits per heavy atom. The Hall–Kier alpha value is -2.96. The molecule has 0 fully saturated rings. The van der Waals surface area contributed by atoms with Gasteiger partial charge in [-0.25, -0.2) is 0 Å². The van der Waals surface area contributed by atoms with Crippen LogP contribution < -0.4 is 10.6 Å². The molecule has 0 unspecified atom stereocenters. The molecule has 0 saturated carbocycles. The predicted molar refractivity (Wildman–Crippen MR) is 69.4 cm³/mol. The largest absolute Gasteiger partial charge is 0.321 e. The number of hydrogen-bond donors (Lipinski definition) is 2. The minimum Gasteiger partial charge on any atom is -0.321 e. The summed E-state index contributed by atoms with van der Waals surface area (Å²) in [6, 6.07) is 6.12. The van der Waals surface area contributed by atoms with Crippen molar-refractivity contribution >= 4 is 23.4 Å². The van der Waals surface area contributed by atoms with Crippen molar-refractivity contribution in [2.24, 2.45) is 7.05 Å². The average Bonchev–Trinajstić information content (AvgIpc) is 2.95. The summed E-state index contributed by atoms with van der Waals surface area (Å²) in [6.45, 7) is 0. The van der Waals surface area contributed by atoms with E-state index in [1.54, 1.807) is 25.4 Å². The maximum Gasteiger partial charge on any atom is 0.276 e. The van der Waals surface area contributed by atoms with Crippen molar-refractivity contribution in [2.45, 2.75) is 0 Å². The first-order chi connectivity index (χ1) is 9.54. The van der Waals surface area contributed by atoms with E-state index in [1.165, 1.54) is 16.8 Å². The summed E-state index contributed by atoms with van der Waals surface area (Å²) >= 11 is 0. The molecule has 1 aromatic carbocycles. The van der Waals surface area contributed by atoms with Crippen molar-refractivity contribution in [1.29, 1.82) is 0 Å². The highest BCUT2D eigenvalue weighted by Crippen LogP contribution is 2.20. The SMILES string of the molecule is Cn1ccc(C(=O)Nc2ccc3c(c2)C(=O)NC3=O)n1. The fraction of sp³-hybridized carbons (Fsp3) is 0.0769.